The van der Waals surface area contributed by atoms with Gasteiger partial charge in [-0.2, -0.15) is 4.98 Å². The number of carboxylic acids is 3. The van der Waals surface area contributed by atoms with Crippen LogP contribution in [0.2, 0.25) is 0 Å². The van der Waals surface area contributed by atoms with Gasteiger partial charge in [0.05, 0.1) is 37.8 Å². The Morgan fingerprint density at radius 1 is 0.774 bits per heavy atom. The first-order chi connectivity index (χ1) is 25.1. The molecule has 2 unspecified atom stereocenters. The normalized spacial score (nSPS) is 11.7. The van der Waals surface area contributed by atoms with Crippen LogP contribution in [0.1, 0.15) is 41.7 Å². The summed E-state index contributed by atoms with van der Waals surface area (Å²) < 4.78 is 0. The van der Waals surface area contributed by atoms with Gasteiger partial charge in [0, 0.05) is 24.2 Å². The number of amides is 5. The number of carbonyl (C=O) groups excluding carboxylic acids is 5. The maximum atomic E-state index is 12.6. The molecule has 0 saturated carbocycles. The van der Waals surface area contributed by atoms with Gasteiger partial charge in [0.25, 0.3) is 11.5 Å². The number of fused-ring (bicyclic) bond motifs is 1. The average molecular weight is 742 g/mol. The second kappa shape index (κ2) is 19.3. The first-order valence-electron chi connectivity index (χ1n) is 15.5. The van der Waals surface area contributed by atoms with Crippen molar-refractivity contribution in [1.82, 2.24) is 46.5 Å². The number of aromatic nitrogens is 4. The Kier molecular flexibility index (Phi) is 14.6. The van der Waals surface area contributed by atoms with Crippen molar-refractivity contribution >= 4 is 70.2 Å². The minimum atomic E-state index is -1.68. The molecule has 0 radical (unpaired) electrons. The summed E-state index contributed by atoms with van der Waals surface area (Å²) in [7, 11) is 0. The molecule has 5 amide bonds. The number of H-pyrrole nitrogens is 1. The Morgan fingerprint density at radius 2 is 1.38 bits per heavy atom. The number of nitrogens with one attached hydrogen (secondary N) is 7. The maximum Gasteiger partial charge on any atom is 0.322 e. The van der Waals surface area contributed by atoms with Gasteiger partial charge in [0.1, 0.15) is 18.6 Å². The van der Waals surface area contributed by atoms with Gasteiger partial charge in [-0.25, -0.2) is 9.97 Å². The van der Waals surface area contributed by atoms with E-state index >= 15 is 0 Å². The van der Waals surface area contributed by atoms with Gasteiger partial charge in [-0.1, -0.05) is 0 Å². The lowest BCUT2D eigenvalue weighted by atomic mass is 10.1. The van der Waals surface area contributed by atoms with Crippen molar-refractivity contribution in [1.29, 1.82) is 0 Å². The SMILES string of the molecule is Nc1nc2ncc(CNc3ccc(C(=O)NCCCC(=O)NC(CC(=O)O)C(=O)NCC(=O)NC(CC(=O)O)C(=O)NCC(=O)O)cc3)nc2c(=O)[nH]1. The van der Waals surface area contributed by atoms with Gasteiger partial charge in [0.15, 0.2) is 11.2 Å². The monoisotopic (exact) mass is 741 g/mol. The molecule has 3 rings (SSSR count). The number of hydrogen-bond acceptors (Lipinski definition) is 14. The second-order valence-electron chi connectivity index (χ2n) is 11.0. The summed E-state index contributed by atoms with van der Waals surface area (Å²) in [6, 6.07) is 3.07. The second-order valence-corrected chi connectivity index (χ2v) is 11.0. The van der Waals surface area contributed by atoms with E-state index in [0.717, 1.165) is 0 Å². The van der Waals surface area contributed by atoms with Gasteiger partial charge in [0.2, 0.25) is 29.6 Å². The number of hydrogen-bond donors (Lipinski definition) is 11. The third kappa shape index (κ3) is 13.6. The van der Waals surface area contributed by atoms with Gasteiger partial charge in [-0.3, -0.25) is 48.1 Å². The molecule has 23 nitrogen and oxygen atoms in total. The molecule has 12 N–H and O–H groups in total. The zero-order valence-corrected chi connectivity index (χ0v) is 27.6. The minimum absolute atomic E-state index is 0.0315. The highest BCUT2D eigenvalue weighted by Gasteiger charge is 2.27. The van der Waals surface area contributed by atoms with Crippen molar-refractivity contribution in [2.24, 2.45) is 0 Å². The fourth-order valence-electron chi connectivity index (χ4n) is 4.40. The predicted molar refractivity (Wildman–Crippen MR) is 180 cm³/mol. The Balaban J connectivity index is 1.42. The Morgan fingerprint density at radius 3 is 1.98 bits per heavy atom. The van der Waals surface area contributed by atoms with Gasteiger partial charge < -0.3 is 53.0 Å². The summed E-state index contributed by atoms with van der Waals surface area (Å²) in [6.07, 6.45) is -0.440. The van der Waals surface area contributed by atoms with Gasteiger partial charge in [-0.15, -0.1) is 0 Å². The van der Waals surface area contributed by atoms with Crippen molar-refractivity contribution in [3.8, 4) is 0 Å². The van der Waals surface area contributed by atoms with Crippen LogP contribution in [-0.2, 0) is 40.1 Å². The van der Waals surface area contributed by atoms with Gasteiger partial charge in [-0.05, 0) is 30.7 Å². The van der Waals surface area contributed by atoms with Crippen LogP contribution in [0.5, 0.6) is 0 Å². The zero-order valence-electron chi connectivity index (χ0n) is 27.6. The smallest absolute Gasteiger partial charge is 0.322 e. The predicted octanol–water partition coefficient (Wildman–Crippen LogP) is -3.35. The molecule has 53 heavy (non-hydrogen) atoms. The molecule has 0 aliphatic carbocycles. The van der Waals surface area contributed by atoms with Crippen molar-refractivity contribution in [2.45, 2.75) is 44.3 Å². The minimum Gasteiger partial charge on any atom is -0.481 e. The van der Waals surface area contributed by atoms with E-state index < -0.39 is 91.0 Å². The average Bonchev–Trinajstić information content (AvgIpc) is 3.09. The first-order valence-corrected chi connectivity index (χ1v) is 15.5. The quantitative estimate of drug-likeness (QED) is 0.0504. The number of anilines is 2. The third-order valence-corrected chi connectivity index (χ3v) is 6.87. The molecule has 282 valence electrons. The molecule has 0 fully saturated rings. The van der Waals surface area contributed by atoms with Crippen LogP contribution in [0.25, 0.3) is 11.2 Å². The maximum absolute atomic E-state index is 12.6. The molecule has 0 aliphatic rings. The summed E-state index contributed by atoms with van der Waals surface area (Å²) in [5, 5.41) is 40.8. The van der Waals surface area contributed by atoms with Crippen LogP contribution in [0.4, 0.5) is 11.6 Å². The summed E-state index contributed by atoms with van der Waals surface area (Å²) >= 11 is 0. The standard InChI is InChI=1S/C30H35N11O12/c31-30-40-25-24(29(53)41-30)37-16(11-34-25)10-33-15-5-3-14(4-6-15)26(50)32-7-1-2-19(42)38-17(8-21(44)45)27(51)35-12-20(43)39-18(9-22(46)47)28(52)36-13-23(48)49/h3-6,11,17-18,33H,1-2,7-10,12-13H2,(H,32,50)(H,35,51)(H,36,52)(H,38,42)(H,39,43)(H,44,45)(H,46,47)(H,48,49)(H3,31,34,40,41,53). The van der Waals surface area contributed by atoms with E-state index in [1.807, 2.05) is 10.6 Å². The number of benzene rings is 1. The number of carboxylic acid groups (broad SMARTS) is 3. The van der Waals surface area contributed by atoms with E-state index in [1.165, 1.54) is 6.20 Å². The number of rotatable bonds is 20. The largest absolute Gasteiger partial charge is 0.481 e. The lowest BCUT2D eigenvalue weighted by Crippen LogP contribution is -2.53. The van der Waals surface area contributed by atoms with Gasteiger partial charge >= 0.3 is 17.9 Å². The van der Waals surface area contributed by atoms with E-state index in [-0.39, 0.29) is 43.0 Å². The van der Waals surface area contributed by atoms with Crippen LogP contribution in [0.15, 0.2) is 35.3 Å². The van der Waals surface area contributed by atoms with Crippen LogP contribution in [0.3, 0.4) is 0 Å². The number of nitrogens with zero attached hydrogens (tertiary/aromatic N) is 3. The number of carbonyl (C=O) groups is 8. The first kappa shape index (κ1) is 40.2. The summed E-state index contributed by atoms with van der Waals surface area (Å²) in [5.74, 6) is -8.87. The van der Waals surface area contributed by atoms with Crippen LogP contribution < -0.4 is 43.2 Å². The lowest BCUT2D eigenvalue weighted by Gasteiger charge is -2.19. The van der Waals surface area contributed by atoms with Crippen molar-refractivity contribution in [3.05, 3.63) is 52.1 Å². The Labute approximate surface area is 297 Å². The topological polar surface area (TPSA) is 367 Å². The number of aliphatic carboxylic acids is 3. The van der Waals surface area contributed by atoms with E-state index in [2.05, 4.69) is 41.2 Å². The molecule has 0 bridgehead atoms. The van der Waals surface area contributed by atoms with Crippen LogP contribution >= 0.6 is 0 Å². The fourth-order valence-corrected chi connectivity index (χ4v) is 4.40. The molecule has 2 atom stereocenters. The molecule has 0 saturated heterocycles. The molecule has 2 aromatic heterocycles. The number of nitrogens with two attached hydrogens (primary N) is 1. The van der Waals surface area contributed by atoms with Crippen molar-refractivity contribution in [2.75, 3.05) is 30.7 Å². The Hall–Kier alpha value is -7.20. The van der Waals surface area contributed by atoms with E-state index in [1.54, 1.807) is 24.3 Å². The highest BCUT2D eigenvalue weighted by atomic mass is 16.4. The molecular formula is C30H35N11O12. The summed E-state index contributed by atoms with van der Waals surface area (Å²) in [4.78, 5) is 122. The number of aromatic amines is 1. The molecule has 2 heterocycles. The van der Waals surface area contributed by atoms with Crippen molar-refractivity contribution < 1.29 is 53.7 Å². The molecule has 23 heteroatoms. The molecule has 1 aromatic carbocycles. The summed E-state index contributed by atoms with van der Waals surface area (Å²) in [5.41, 5.74) is 6.51. The summed E-state index contributed by atoms with van der Waals surface area (Å²) in [6.45, 7) is -1.44. The van der Waals surface area contributed by atoms with E-state index in [4.69, 9.17) is 15.9 Å². The number of nitrogen functional groups attached to an aromatic ring is 1. The molecule has 0 spiro atoms. The highest BCUT2D eigenvalue weighted by Crippen LogP contribution is 2.12. The molecular weight excluding hydrogens is 706 g/mol. The highest BCUT2D eigenvalue weighted by molar-refractivity contribution is 5.96. The Bertz CT molecular complexity index is 1930. The van der Waals surface area contributed by atoms with Crippen LogP contribution in [0, 0.1) is 0 Å². The van der Waals surface area contributed by atoms with Crippen molar-refractivity contribution in [3.63, 3.8) is 0 Å². The van der Waals surface area contributed by atoms with E-state index in [9.17, 15) is 48.3 Å². The lowest BCUT2D eigenvalue weighted by molar-refractivity contribution is -0.141. The molecule has 3 aromatic rings. The fraction of sp³-hybridized carbons (Fsp3) is 0.333. The zero-order chi connectivity index (χ0) is 39.1. The molecule has 0 aliphatic heterocycles. The third-order valence-electron chi connectivity index (χ3n) is 6.87. The van der Waals surface area contributed by atoms with E-state index in [0.29, 0.717) is 16.9 Å². The van der Waals surface area contributed by atoms with Crippen LogP contribution in [-0.4, -0.2) is 114 Å².